The van der Waals surface area contributed by atoms with E-state index in [1.807, 2.05) is 19.9 Å². The number of aromatic nitrogens is 2. The van der Waals surface area contributed by atoms with Crippen molar-refractivity contribution in [2.75, 3.05) is 18.9 Å². The fraction of sp³-hybridized carbons (Fsp3) is 0.200. The second kappa shape index (κ2) is 8.83. The molecule has 9 heteroatoms. The van der Waals surface area contributed by atoms with Crippen molar-refractivity contribution in [1.82, 2.24) is 9.55 Å². The fourth-order valence-corrected chi connectivity index (χ4v) is 5.09. The second-order valence-corrected chi connectivity index (χ2v) is 9.54. The molecule has 4 aromatic rings. The molecular formula is C25H25N3O5S. The van der Waals surface area contributed by atoms with E-state index in [0.717, 1.165) is 11.1 Å². The third-order valence-corrected chi connectivity index (χ3v) is 7.09. The van der Waals surface area contributed by atoms with Gasteiger partial charge >= 0.3 is 0 Å². The molecule has 0 aliphatic carbocycles. The molecule has 4 rings (SSSR count). The average Bonchev–Trinajstić information content (AvgIpc) is 2.81. The smallest absolute Gasteiger partial charge is 0.265 e. The SMILES string of the molecule is COc1cc(-n2c(C)nc3ccccc3c2=O)ccc1NS(=O)(=O)c1cc(C)c(C)cc1OC. The van der Waals surface area contributed by atoms with E-state index in [-0.39, 0.29) is 27.6 Å². The number of aryl methyl sites for hydroxylation is 3. The van der Waals surface area contributed by atoms with Gasteiger partial charge in [0.2, 0.25) is 0 Å². The van der Waals surface area contributed by atoms with Crippen LogP contribution in [0.3, 0.4) is 0 Å². The second-order valence-electron chi connectivity index (χ2n) is 7.89. The van der Waals surface area contributed by atoms with Crippen molar-refractivity contribution < 1.29 is 17.9 Å². The van der Waals surface area contributed by atoms with Crippen LogP contribution >= 0.6 is 0 Å². The summed E-state index contributed by atoms with van der Waals surface area (Å²) in [6, 6.07) is 15.2. The lowest BCUT2D eigenvalue weighted by atomic mass is 10.1. The van der Waals surface area contributed by atoms with Gasteiger partial charge in [-0.25, -0.2) is 13.4 Å². The Hall–Kier alpha value is -3.85. The van der Waals surface area contributed by atoms with Crippen LogP contribution in [0.5, 0.6) is 11.5 Å². The minimum Gasteiger partial charge on any atom is -0.495 e. The number of ether oxygens (including phenoxy) is 2. The van der Waals surface area contributed by atoms with Crippen LogP contribution in [-0.4, -0.2) is 32.2 Å². The predicted octanol–water partition coefficient (Wildman–Crippen LogP) is 4.13. The maximum atomic E-state index is 13.2. The van der Waals surface area contributed by atoms with Crippen molar-refractivity contribution in [2.24, 2.45) is 0 Å². The van der Waals surface area contributed by atoms with Gasteiger partial charge in [-0.1, -0.05) is 12.1 Å². The number of fused-ring (bicyclic) bond motifs is 1. The topological polar surface area (TPSA) is 99.5 Å². The zero-order chi connectivity index (χ0) is 24.6. The Balaban J connectivity index is 1.79. The summed E-state index contributed by atoms with van der Waals surface area (Å²) in [5.74, 6) is 0.998. The first-order chi connectivity index (χ1) is 16.2. The quantitative estimate of drug-likeness (QED) is 0.446. The first-order valence-corrected chi connectivity index (χ1v) is 12.0. The molecule has 0 spiro atoms. The predicted molar refractivity (Wildman–Crippen MR) is 132 cm³/mol. The minimum absolute atomic E-state index is 0.0232. The van der Waals surface area contributed by atoms with Gasteiger partial charge in [0, 0.05) is 6.07 Å². The molecule has 0 radical (unpaired) electrons. The van der Waals surface area contributed by atoms with Gasteiger partial charge in [-0.15, -0.1) is 0 Å². The van der Waals surface area contributed by atoms with Gasteiger partial charge in [-0.3, -0.25) is 14.1 Å². The Kier molecular flexibility index (Phi) is 6.05. The number of sulfonamides is 1. The van der Waals surface area contributed by atoms with Gasteiger partial charge in [-0.05, 0) is 68.3 Å². The van der Waals surface area contributed by atoms with E-state index in [0.29, 0.717) is 22.4 Å². The molecule has 3 aromatic carbocycles. The van der Waals surface area contributed by atoms with E-state index in [1.54, 1.807) is 55.5 Å². The highest BCUT2D eigenvalue weighted by molar-refractivity contribution is 7.92. The largest absolute Gasteiger partial charge is 0.495 e. The maximum absolute atomic E-state index is 13.2. The van der Waals surface area contributed by atoms with Crippen molar-refractivity contribution in [3.05, 3.63) is 81.9 Å². The maximum Gasteiger partial charge on any atom is 0.265 e. The van der Waals surface area contributed by atoms with Crippen LogP contribution in [0.15, 0.2) is 64.3 Å². The molecule has 1 heterocycles. The monoisotopic (exact) mass is 479 g/mol. The average molecular weight is 480 g/mol. The lowest BCUT2D eigenvalue weighted by molar-refractivity contribution is 0.402. The lowest BCUT2D eigenvalue weighted by Crippen LogP contribution is -2.22. The van der Waals surface area contributed by atoms with Crippen molar-refractivity contribution in [1.29, 1.82) is 0 Å². The highest BCUT2D eigenvalue weighted by Crippen LogP contribution is 2.33. The number of para-hydroxylation sites is 1. The van der Waals surface area contributed by atoms with Crippen molar-refractivity contribution in [3.8, 4) is 17.2 Å². The number of anilines is 1. The first kappa shape index (κ1) is 23.3. The molecule has 0 aliphatic rings. The highest BCUT2D eigenvalue weighted by atomic mass is 32.2. The van der Waals surface area contributed by atoms with E-state index in [1.165, 1.54) is 18.8 Å². The molecule has 0 unspecified atom stereocenters. The first-order valence-electron chi connectivity index (χ1n) is 10.5. The lowest BCUT2D eigenvalue weighted by Gasteiger charge is -2.17. The fourth-order valence-electron chi connectivity index (χ4n) is 3.78. The molecule has 0 atom stereocenters. The van der Waals surface area contributed by atoms with Crippen LogP contribution < -0.4 is 19.8 Å². The third kappa shape index (κ3) is 4.10. The Morgan fingerprint density at radius 3 is 2.26 bits per heavy atom. The normalized spacial score (nSPS) is 11.4. The van der Waals surface area contributed by atoms with Gasteiger partial charge in [0.15, 0.2) is 0 Å². The summed E-state index contributed by atoms with van der Waals surface area (Å²) in [5, 5.41) is 0.485. The Morgan fingerprint density at radius 1 is 0.882 bits per heavy atom. The molecule has 34 heavy (non-hydrogen) atoms. The van der Waals surface area contributed by atoms with Crippen molar-refractivity contribution >= 4 is 26.6 Å². The number of nitrogens with one attached hydrogen (secondary N) is 1. The Bertz CT molecular complexity index is 1580. The number of benzene rings is 3. The summed E-state index contributed by atoms with van der Waals surface area (Å²) in [6.07, 6.45) is 0. The summed E-state index contributed by atoms with van der Waals surface area (Å²) >= 11 is 0. The molecule has 0 bridgehead atoms. The van der Waals surface area contributed by atoms with Crippen LogP contribution in [0.4, 0.5) is 5.69 Å². The van der Waals surface area contributed by atoms with Gasteiger partial charge in [0.25, 0.3) is 15.6 Å². The zero-order valence-corrected chi connectivity index (χ0v) is 20.4. The summed E-state index contributed by atoms with van der Waals surface area (Å²) in [7, 11) is -1.13. The highest BCUT2D eigenvalue weighted by Gasteiger charge is 2.23. The number of hydrogen-bond donors (Lipinski definition) is 1. The molecule has 0 saturated carbocycles. The number of rotatable bonds is 6. The van der Waals surface area contributed by atoms with Crippen LogP contribution in [-0.2, 0) is 10.0 Å². The van der Waals surface area contributed by atoms with Crippen molar-refractivity contribution in [3.63, 3.8) is 0 Å². The van der Waals surface area contributed by atoms with Crippen LogP contribution in [0, 0.1) is 20.8 Å². The minimum atomic E-state index is -3.99. The standard InChI is InChI=1S/C25H25N3O5S/c1-15-12-23(33-5)24(13-16(15)2)34(30,31)27-21-11-10-18(14-22(21)32-4)28-17(3)26-20-9-7-6-8-19(20)25(28)29/h6-14,27H,1-5H3. The number of hydrogen-bond acceptors (Lipinski definition) is 6. The summed E-state index contributed by atoms with van der Waals surface area (Å²) < 4.78 is 41.2. The molecular weight excluding hydrogens is 454 g/mol. The summed E-state index contributed by atoms with van der Waals surface area (Å²) in [6.45, 7) is 5.46. The number of methoxy groups -OCH3 is 2. The molecule has 0 saturated heterocycles. The third-order valence-electron chi connectivity index (χ3n) is 5.70. The van der Waals surface area contributed by atoms with Crippen LogP contribution in [0.1, 0.15) is 17.0 Å². The van der Waals surface area contributed by atoms with Crippen LogP contribution in [0.25, 0.3) is 16.6 Å². The van der Waals surface area contributed by atoms with Crippen LogP contribution in [0.2, 0.25) is 0 Å². The van der Waals surface area contributed by atoms with Gasteiger partial charge in [-0.2, -0.15) is 0 Å². The Labute approximate surface area is 197 Å². The van der Waals surface area contributed by atoms with E-state index < -0.39 is 10.0 Å². The van der Waals surface area contributed by atoms with Gasteiger partial charge in [0.1, 0.15) is 22.2 Å². The molecule has 0 amide bonds. The van der Waals surface area contributed by atoms with Gasteiger partial charge in [0.05, 0.1) is 36.5 Å². The molecule has 176 valence electrons. The summed E-state index contributed by atoms with van der Waals surface area (Å²) in [4.78, 5) is 17.7. The number of nitrogens with zero attached hydrogens (tertiary/aromatic N) is 2. The molecule has 1 N–H and O–H groups in total. The zero-order valence-electron chi connectivity index (χ0n) is 19.5. The molecule has 0 aliphatic heterocycles. The van der Waals surface area contributed by atoms with E-state index in [2.05, 4.69) is 9.71 Å². The molecule has 1 aromatic heterocycles. The van der Waals surface area contributed by atoms with E-state index in [4.69, 9.17) is 9.47 Å². The van der Waals surface area contributed by atoms with Crippen molar-refractivity contribution in [2.45, 2.75) is 25.7 Å². The molecule has 8 nitrogen and oxygen atoms in total. The molecule has 0 fully saturated rings. The van der Waals surface area contributed by atoms with E-state index in [9.17, 15) is 13.2 Å². The van der Waals surface area contributed by atoms with Gasteiger partial charge < -0.3 is 9.47 Å². The Morgan fingerprint density at radius 2 is 1.56 bits per heavy atom. The van der Waals surface area contributed by atoms with E-state index >= 15 is 0 Å². The summed E-state index contributed by atoms with van der Waals surface area (Å²) in [5.41, 5.74) is 2.86.